The van der Waals surface area contributed by atoms with E-state index in [0.29, 0.717) is 11.3 Å². The van der Waals surface area contributed by atoms with Crippen molar-refractivity contribution in [3.8, 4) is 17.6 Å². The van der Waals surface area contributed by atoms with Gasteiger partial charge in [0, 0.05) is 11.5 Å². The van der Waals surface area contributed by atoms with Crippen LogP contribution in [-0.2, 0) is 4.79 Å². The molecule has 3 atom stereocenters. The molecule has 1 aliphatic rings. The largest absolute Gasteiger partial charge is 0.481 e. The first kappa shape index (κ1) is 19.9. The lowest BCUT2D eigenvalue weighted by molar-refractivity contribution is -0.145. The molecular weight excluding hydrogens is 381 g/mol. The average molecular weight is 400 g/mol. The van der Waals surface area contributed by atoms with Crippen LogP contribution in [0.4, 0.5) is 4.39 Å². The molecule has 1 aliphatic carbocycles. The Balaban J connectivity index is 2.05. The standard InChI is InChI=1S/C22H19ClFNO3/c1-21(2)19(10-11-23)22(21,20(26)27)16(13-25)14-8-9-17(24)18(12-14)28-15-6-4-3-5-7-15/h3-12,16,19H,1-2H3,(H,26,27)/b11-10+. The number of aliphatic carboxylic acids is 1. The first-order valence-corrected chi connectivity index (χ1v) is 9.16. The molecule has 3 rings (SSSR count). The van der Waals surface area contributed by atoms with Crippen molar-refractivity contribution in [2.45, 2.75) is 19.8 Å². The molecule has 1 saturated carbocycles. The van der Waals surface area contributed by atoms with E-state index in [1.807, 2.05) is 6.07 Å². The molecule has 2 aromatic rings. The third-order valence-corrected chi connectivity index (χ3v) is 5.86. The lowest BCUT2D eigenvalue weighted by Gasteiger charge is -2.22. The molecule has 0 aliphatic heterocycles. The van der Waals surface area contributed by atoms with E-state index in [1.165, 1.54) is 23.7 Å². The maximum Gasteiger partial charge on any atom is 0.312 e. The number of carbonyl (C=O) groups is 1. The highest BCUT2D eigenvalue weighted by molar-refractivity contribution is 6.25. The van der Waals surface area contributed by atoms with Crippen LogP contribution < -0.4 is 4.74 Å². The average Bonchev–Trinajstić information content (AvgIpc) is 3.15. The summed E-state index contributed by atoms with van der Waals surface area (Å²) in [6, 6.07) is 14.8. The number of halogens is 2. The van der Waals surface area contributed by atoms with Crippen molar-refractivity contribution in [1.29, 1.82) is 5.26 Å². The molecular formula is C22H19ClFNO3. The number of carboxylic acid groups (broad SMARTS) is 1. The molecule has 0 bridgehead atoms. The first-order chi connectivity index (χ1) is 13.3. The summed E-state index contributed by atoms with van der Waals surface area (Å²) < 4.78 is 19.9. The minimum atomic E-state index is -1.37. The van der Waals surface area contributed by atoms with E-state index in [2.05, 4.69) is 6.07 Å². The molecule has 3 unspecified atom stereocenters. The van der Waals surface area contributed by atoms with E-state index >= 15 is 0 Å². The summed E-state index contributed by atoms with van der Waals surface area (Å²) in [5.74, 6) is -2.73. The number of allylic oxidation sites excluding steroid dienone is 1. The van der Waals surface area contributed by atoms with Crippen LogP contribution in [0.5, 0.6) is 11.5 Å². The Morgan fingerprint density at radius 3 is 2.57 bits per heavy atom. The molecule has 144 valence electrons. The Labute approximate surface area is 167 Å². The number of hydrogen-bond donors (Lipinski definition) is 1. The van der Waals surface area contributed by atoms with Gasteiger partial charge in [0.05, 0.1) is 12.0 Å². The molecule has 1 N–H and O–H groups in total. The molecule has 0 spiro atoms. The third kappa shape index (κ3) is 2.94. The van der Waals surface area contributed by atoms with Gasteiger partial charge in [-0.05, 0) is 35.2 Å². The number of ether oxygens (including phenoxy) is 1. The van der Waals surface area contributed by atoms with Crippen molar-refractivity contribution in [1.82, 2.24) is 0 Å². The predicted molar refractivity (Wildman–Crippen MR) is 104 cm³/mol. The summed E-state index contributed by atoms with van der Waals surface area (Å²) in [7, 11) is 0. The van der Waals surface area contributed by atoms with Gasteiger partial charge < -0.3 is 9.84 Å². The minimum Gasteiger partial charge on any atom is -0.481 e. The van der Waals surface area contributed by atoms with E-state index in [4.69, 9.17) is 16.3 Å². The highest BCUT2D eigenvalue weighted by Crippen LogP contribution is 2.75. The molecule has 4 nitrogen and oxygen atoms in total. The predicted octanol–water partition coefficient (Wildman–Crippen LogP) is 5.70. The summed E-state index contributed by atoms with van der Waals surface area (Å²) >= 11 is 5.70. The number of carboxylic acids is 1. The van der Waals surface area contributed by atoms with Crippen LogP contribution in [0.3, 0.4) is 0 Å². The van der Waals surface area contributed by atoms with Gasteiger partial charge in [-0.2, -0.15) is 5.26 Å². The fourth-order valence-corrected chi connectivity index (χ4v) is 4.36. The zero-order valence-electron chi connectivity index (χ0n) is 15.4. The highest BCUT2D eigenvalue weighted by atomic mass is 35.5. The SMILES string of the molecule is CC1(C)C(/C=C/Cl)C1(C(=O)O)C(C#N)c1ccc(F)c(Oc2ccccc2)c1. The van der Waals surface area contributed by atoms with Crippen LogP contribution in [0.25, 0.3) is 0 Å². The van der Waals surface area contributed by atoms with Crippen LogP contribution in [0, 0.1) is 33.9 Å². The highest BCUT2D eigenvalue weighted by Gasteiger charge is 2.78. The van der Waals surface area contributed by atoms with Gasteiger partial charge in [-0.3, -0.25) is 4.79 Å². The first-order valence-electron chi connectivity index (χ1n) is 8.73. The third-order valence-electron chi connectivity index (χ3n) is 5.71. The number of hydrogen-bond acceptors (Lipinski definition) is 3. The zero-order valence-corrected chi connectivity index (χ0v) is 16.2. The minimum absolute atomic E-state index is 0.0626. The fourth-order valence-electron chi connectivity index (χ4n) is 4.22. The molecule has 6 heteroatoms. The normalized spacial score (nSPS) is 23.8. The Morgan fingerprint density at radius 1 is 1.32 bits per heavy atom. The summed E-state index contributed by atoms with van der Waals surface area (Å²) in [6.07, 6.45) is 1.60. The van der Waals surface area contributed by atoms with Crippen molar-refractivity contribution >= 4 is 17.6 Å². The molecule has 28 heavy (non-hydrogen) atoms. The van der Waals surface area contributed by atoms with Crippen LogP contribution in [-0.4, -0.2) is 11.1 Å². The van der Waals surface area contributed by atoms with E-state index in [0.717, 1.165) is 0 Å². The second kappa shape index (κ2) is 7.29. The molecule has 0 radical (unpaired) electrons. The van der Waals surface area contributed by atoms with E-state index in [9.17, 15) is 19.6 Å². The van der Waals surface area contributed by atoms with Gasteiger partial charge in [-0.15, -0.1) is 0 Å². The van der Waals surface area contributed by atoms with Crippen LogP contribution in [0.1, 0.15) is 25.3 Å². The van der Waals surface area contributed by atoms with Crippen molar-refractivity contribution in [2.75, 3.05) is 0 Å². The second-order valence-corrected chi connectivity index (χ2v) is 7.61. The Kier molecular flexibility index (Phi) is 5.18. The summed E-state index contributed by atoms with van der Waals surface area (Å²) in [4.78, 5) is 12.3. The summed E-state index contributed by atoms with van der Waals surface area (Å²) in [5.41, 5.74) is -0.398. The van der Waals surface area contributed by atoms with Gasteiger partial charge in [-0.1, -0.05) is 55.8 Å². The molecule has 0 heterocycles. The summed E-state index contributed by atoms with van der Waals surface area (Å²) in [6.45, 7) is 3.58. The summed E-state index contributed by atoms with van der Waals surface area (Å²) in [5, 5.41) is 19.9. The topological polar surface area (TPSA) is 70.3 Å². The van der Waals surface area contributed by atoms with Gasteiger partial charge in [-0.25, -0.2) is 4.39 Å². The lowest BCUT2D eigenvalue weighted by Crippen LogP contribution is -2.28. The number of nitriles is 1. The van der Waals surface area contributed by atoms with E-state index in [1.54, 1.807) is 44.2 Å². The maximum absolute atomic E-state index is 14.3. The smallest absolute Gasteiger partial charge is 0.312 e. The Hall–Kier alpha value is -2.84. The zero-order chi connectivity index (χ0) is 20.5. The number of nitrogens with zero attached hydrogens (tertiary/aromatic N) is 1. The van der Waals surface area contributed by atoms with Gasteiger partial charge in [0.2, 0.25) is 0 Å². The molecule has 2 aromatic carbocycles. The van der Waals surface area contributed by atoms with Crippen LogP contribution in [0.15, 0.2) is 60.1 Å². The van der Waals surface area contributed by atoms with E-state index in [-0.39, 0.29) is 5.75 Å². The van der Waals surface area contributed by atoms with Gasteiger partial charge in [0.25, 0.3) is 0 Å². The lowest BCUT2D eigenvalue weighted by atomic mass is 9.78. The fraction of sp³-hybridized carbons (Fsp3) is 0.273. The maximum atomic E-state index is 14.3. The van der Waals surface area contributed by atoms with Crippen LogP contribution in [0.2, 0.25) is 0 Å². The molecule has 0 aromatic heterocycles. The number of rotatable bonds is 6. The second-order valence-electron chi connectivity index (χ2n) is 7.36. The van der Waals surface area contributed by atoms with Gasteiger partial charge in [0.15, 0.2) is 11.6 Å². The van der Waals surface area contributed by atoms with E-state index < -0.39 is 34.5 Å². The molecule has 0 saturated heterocycles. The Bertz CT molecular complexity index is 967. The Morgan fingerprint density at radius 2 is 2.00 bits per heavy atom. The quantitative estimate of drug-likeness (QED) is 0.675. The van der Waals surface area contributed by atoms with Crippen molar-refractivity contribution < 1.29 is 19.0 Å². The van der Waals surface area contributed by atoms with Gasteiger partial charge >= 0.3 is 5.97 Å². The van der Waals surface area contributed by atoms with Crippen LogP contribution >= 0.6 is 11.6 Å². The van der Waals surface area contributed by atoms with Crippen molar-refractivity contribution in [3.63, 3.8) is 0 Å². The number of para-hydroxylation sites is 1. The van der Waals surface area contributed by atoms with Crippen molar-refractivity contribution in [2.24, 2.45) is 16.7 Å². The number of benzene rings is 2. The van der Waals surface area contributed by atoms with Crippen molar-refractivity contribution in [3.05, 3.63) is 71.5 Å². The van der Waals surface area contributed by atoms with Gasteiger partial charge in [0.1, 0.15) is 11.2 Å². The monoisotopic (exact) mass is 399 g/mol. The molecule has 0 amide bonds. The molecule has 1 fully saturated rings.